The molecule has 0 fully saturated rings. The molecule has 4 nitrogen and oxygen atoms in total. The molecule has 1 atom stereocenters. The van der Waals surface area contributed by atoms with Gasteiger partial charge in [-0.15, -0.1) is 0 Å². The Labute approximate surface area is 161 Å². The van der Waals surface area contributed by atoms with Crippen molar-refractivity contribution in [1.82, 2.24) is 0 Å². The smallest absolute Gasteiger partial charge is 0.265 e. The maximum absolute atomic E-state index is 12.7. The molecule has 0 saturated carbocycles. The number of ether oxygens (including phenoxy) is 2. The number of nitrogens with one attached hydrogen (secondary N) is 1. The van der Waals surface area contributed by atoms with Crippen LogP contribution in [0.1, 0.15) is 37.3 Å². The second-order valence-electron chi connectivity index (χ2n) is 6.77. The van der Waals surface area contributed by atoms with Crippen molar-refractivity contribution in [3.63, 3.8) is 0 Å². The highest BCUT2D eigenvalue weighted by Crippen LogP contribution is 2.26. The molecule has 2 aromatic carbocycles. The van der Waals surface area contributed by atoms with Crippen molar-refractivity contribution in [1.29, 1.82) is 0 Å². The lowest BCUT2D eigenvalue weighted by molar-refractivity contribution is -0.122. The van der Waals surface area contributed by atoms with E-state index < -0.39 is 6.10 Å². The van der Waals surface area contributed by atoms with Crippen LogP contribution in [-0.4, -0.2) is 18.6 Å². The maximum Gasteiger partial charge on any atom is 0.265 e. The van der Waals surface area contributed by atoms with Gasteiger partial charge in [0, 0.05) is 11.8 Å². The standard InChI is InChI=1S/C23H27NO3/c1-3-14-26-20-11-7-10-19(16-20)24-23(25)22(4-2)27-21-13-12-17-8-5-6-9-18(17)15-21/h3,7,10-13,15-16,22H,1,4-6,8-9,14H2,2H3,(H,24,25)/t22-/m1/s1. The second-order valence-corrected chi connectivity index (χ2v) is 6.77. The molecule has 4 heteroatoms. The first-order valence-electron chi connectivity index (χ1n) is 9.62. The van der Waals surface area contributed by atoms with Gasteiger partial charge in [-0.3, -0.25) is 4.79 Å². The minimum Gasteiger partial charge on any atom is -0.489 e. The molecule has 1 aliphatic carbocycles. The summed E-state index contributed by atoms with van der Waals surface area (Å²) >= 11 is 0. The predicted octanol–water partition coefficient (Wildman–Crippen LogP) is 4.93. The van der Waals surface area contributed by atoms with Crippen molar-refractivity contribution in [2.75, 3.05) is 11.9 Å². The van der Waals surface area contributed by atoms with Crippen LogP contribution in [0, 0.1) is 0 Å². The quantitative estimate of drug-likeness (QED) is 0.675. The van der Waals surface area contributed by atoms with Crippen molar-refractivity contribution in [3.8, 4) is 11.5 Å². The Balaban J connectivity index is 1.65. The van der Waals surface area contributed by atoms with Gasteiger partial charge in [-0.05, 0) is 67.5 Å². The summed E-state index contributed by atoms with van der Waals surface area (Å²) in [6.07, 6.45) is 6.44. The number of aryl methyl sites for hydroxylation is 2. The third-order valence-electron chi connectivity index (χ3n) is 4.73. The first-order chi connectivity index (χ1) is 13.2. The van der Waals surface area contributed by atoms with Crippen LogP contribution < -0.4 is 14.8 Å². The normalized spacial score (nSPS) is 14.0. The third kappa shape index (κ3) is 5.13. The zero-order valence-corrected chi connectivity index (χ0v) is 15.9. The van der Waals surface area contributed by atoms with Crippen molar-refractivity contribution >= 4 is 11.6 Å². The Morgan fingerprint density at radius 3 is 2.74 bits per heavy atom. The van der Waals surface area contributed by atoms with Gasteiger partial charge in [-0.2, -0.15) is 0 Å². The number of hydrogen-bond donors (Lipinski definition) is 1. The molecule has 0 bridgehead atoms. The van der Waals surface area contributed by atoms with Crippen LogP contribution in [-0.2, 0) is 17.6 Å². The van der Waals surface area contributed by atoms with Crippen molar-refractivity contribution in [3.05, 3.63) is 66.2 Å². The molecule has 1 aliphatic rings. The highest BCUT2D eigenvalue weighted by atomic mass is 16.5. The summed E-state index contributed by atoms with van der Waals surface area (Å²) in [5.74, 6) is 1.30. The molecule has 2 aromatic rings. The van der Waals surface area contributed by atoms with Gasteiger partial charge in [0.2, 0.25) is 0 Å². The molecule has 27 heavy (non-hydrogen) atoms. The summed E-state index contributed by atoms with van der Waals surface area (Å²) < 4.78 is 11.5. The Kier molecular flexibility index (Phi) is 6.53. The lowest BCUT2D eigenvalue weighted by Crippen LogP contribution is -2.32. The number of hydrogen-bond acceptors (Lipinski definition) is 3. The first kappa shape index (κ1) is 19.0. The number of carbonyl (C=O) groups excluding carboxylic acids is 1. The number of benzene rings is 2. The van der Waals surface area contributed by atoms with Gasteiger partial charge in [-0.25, -0.2) is 0 Å². The largest absolute Gasteiger partial charge is 0.489 e. The van der Waals surface area contributed by atoms with Crippen molar-refractivity contribution in [2.24, 2.45) is 0 Å². The van der Waals surface area contributed by atoms with E-state index in [0.29, 0.717) is 24.5 Å². The summed E-state index contributed by atoms with van der Waals surface area (Å²) in [6.45, 7) is 6.01. The van der Waals surface area contributed by atoms with E-state index in [4.69, 9.17) is 9.47 Å². The van der Waals surface area contributed by atoms with E-state index in [1.54, 1.807) is 12.1 Å². The lowest BCUT2D eigenvalue weighted by atomic mass is 9.92. The molecule has 1 N–H and O–H groups in total. The van der Waals surface area contributed by atoms with Gasteiger partial charge in [0.25, 0.3) is 5.91 Å². The van der Waals surface area contributed by atoms with E-state index in [1.807, 2.05) is 31.2 Å². The van der Waals surface area contributed by atoms with Crippen LogP contribution in [0.5, 0.6) is 11.5 Å². The summed E-state index contributed by atoms with van der Waals surface area (Å²) in [7, 11) is 0. The van der Waals surface area contributed by atoms with Crippen LogP contribution in [0.3, 0.4) is 0 Å². The molecular formula is C23H27NO3. The van der Waals surface area contributed by atoms with E-state index in [-0.39, 0.29) is 5.91 Å². The summed E-state index contributed by atoms with van der Waals surface area (Å²) in [5, 5.41) is 2.92. The fourth-order valence-corrected chi connectivity index (χ4v) is 3.31. The first-order valence-corrected chi connectivity index (χ1v) is 9.62. The zero-order chi connectivity index (χ0) is 19.1. The van der Waals surface area contributed by atoms with Crippen LogP contribution in [0.4, 0.5) is 5.69 Å². The highest BCUT2D eigenvalue weighted by molar-refractivity contribution is 5.94. The van der Waals surface area contributed by atoms with Gasteiger partial charge in [0.15, 0.2) is 6.10 Å². The lowest BCUT2D eigenvalue weighted by Gasteiger charge is -2.20. The average molecular weight is 365 g/mol. The van der Waals surface area contributed by atoms with E-state index in [9.17, 15) is 4.79 Å². The molecule has 0 spiro atoms. The summed E-state index contributed by atoms with van der Waals surface area (Å²) in [6, 6.07) is 13.5. The highest BCUT2D eigenvalue weighted by Gasteiger charge is 2.20. The molecule has 0 saturated heterocycles. The van der Waals surface area contributed by atoms with Crippen LogP contribution in [0.15, 0.2) is 55.1 Å². The van der Waals surface area contributed by atoms with Gasteiger partial charge in [0.1, 0.15) is 18.1 Å². The minimum atomic E-state index is -0.538. The Morgan fingerprint density at radius 2 is 1.96 bits per heavy atom. The molecular weight excluding hydrogens is 338 g/mol. The van der Waals surface area contributed by atoms with E-state index in [2.05, 4.69) is 24.0 Å². The Bertz CT molecular complexity index is 800. The summed E-state index contributed by atoms with van der Waals surface area (Å²) in [4.78, 5) is 12.7. The van der Waals surface area contributed by atoms with E-state index >= 15 is 0 Å². The maximum atomic E-state index is 12.7. The molecule has 0 radical (unpaired) electrons. The second kappa shape index (κ2) is 9.26. The van der Waals surface area contributed by atoms with Crippen LogP contribution in [0.2, 0.25) is 0 Å². The third-order valence-corrected chi connectivity index (χ3v) is 4.73. The fourth-order valence-electron chi connectivity index (χ4n) is 3.31. The van der Waals surface area contributed by atoms with Crippen molar-refractivity contribution < 1.29 is 14.3 Å². The van der Waals surface area contributed by atoms with Gasteiger partial charge in [-0.1, -0.05) is 31.7 Å². The molecule has 0 aromatic heterocycles. The SMILES string of the molecule is C=CCOc1cccc(NC(=O)[C@@H](CC)Oc2ccc3c(c2)CCCC3)c1. The molecule has 3 rings (SSSR count). The number of fused-ring (bicyclic) bond motifs is 1. The Hall–Kier alpha value is -2.75. The van der Waals surface area contributed by atoms with Gasteiger partial charge in [0.05, 0.1) is 0 Å². The molecule has 0 aliphatic heterocycles. The van der Waals surface area contributed by atoms with Gasteiger partial charge >= 0.3 is 0 Å². The van der Waals surface area contributed by atoms with Crippen LogP contribution in [0.25, 0.3) is 0 Å². The number of amides is 1. The summed E-state index contributed by atoms with van der Waals surface area (Å²) in [5.41, 5.74) is 3.44. The van der Waals surface area contributed by atoms with E-state index in [0.717, 1.165) is 18.6 Å². The topological polar surface area (TPSA) is 47.6 Å². The number of carbonyl (C=O) groups is 1. The average Bonchev–Trinajstić information content (AvgIpc) is 2.70. The van der Waals surface area contributed by atoms with Crippen molar-refractivity contribution in [2.45, 2.75) is 45.1 Å². The number of rotatable bonds is 8. The predicted molar refractivity (Wildman–Crippen MR) is 109 cm³/mol. The zero-order valence-electron chi connectivity index (χ0n) is 15.9. The Morgan fingerprint density at radius 1 is 1.15 bits per heavy atom. The fraction of sp³-hybridized carbons (Fsp3) is 0.348. The molecule has 142 valence electrons. The molecule has 1 amide bonds. The van der Waals surface area contributed by atoms with Gasteiger partial charge < -0.3 is 14.8 Å². The molecule has 0 unspecified atom stereocenters. The van der Waals surface area contributed by atoms with E-state index in [1.165, 1.54) is 24.0 Å². The van der Waals surface area contributed by atoms with Crippen LogP contribution >= 0.6 is 0 Å². The minimum absolute atomic E-state index is 0.156. The monoisotopic (exact) mass is 365 g/mol. The number of anilines is 1. The molecule has 0 heterocycles.